The van der Waals surface area contributed by atoms with E-state index in [0.717, 1.165) is 38.0 Å². The number of hydrogen-bond donors (Lipinski definition) is 2. The van der Waals surface area contributed by atoms with Crippen molar-refractivity contribution < 1.29 is 4.79 Å². The highest BCUT2D eigenvalue weighted by molar-refractivity contribution is 5.97. The van der Waals surface area contributed by atoms with E-state index >= 15 is 0 Å². The van der Waals surface area contributed by atoms with Crippen molar-refractivity contribution in [3.05, 3.63) is 46.9 Å². The molecule has 2 aromatic heterocycles. The van der Waals surface area contributed by atoms with Crippen LogP contribution in [0.25, 0.3) is 11.0 Å². The highest BCUT2D eigenvalue weighted by atomic mass is 16.2. The first-order chi connectivity index (χ1) is 14.6. The van der Waals surface area contributed by atoms with Gasteiger partial charge in [-0.15, -0.1) is 0 Å². The summed E-state index contributed by atoms with van der Waals surface area (Å²) < 4.78 is 1.97. The average Bonchev–Trinajstić information content (AvgIpc) is 3.42. The van der Waals surface area contributed by atoms with Crippen LogP contribution in [-0.4, -0.2) is 48.6 Å². The number of hydrogen-bond acceptors (Lipinski definition) is 4. The van der Waals surface area contributed by atoms with Gasteiger partial charge >= 0.3 is 5.69 Å². The van der Waals surface area contributed by atoms with Gasteiger partial charge in [-0.25, -0.2) is 9.78 Å². The van der Waals surface area contributed by atoms with E-state index in [9.17, 15) is 9.59 Å². The zero-order chi connectivity index (χ0) is 20.6. The van der Waals surface area contributed by atoms with Gasteiger partial charge in [-0.2, -0.15) is 5.10 Å². The van der Waals surface area contributed by atoms with Gasteiger partial charge < -0.3 is 14.9 Å². The Hall–Kier alpha value is -2.90. The summed E-state index contributed by atoms with van der Waals surface area (Å²) in [5, 5.41) is 4.38. The van der Waals surface area contributed by atoms with Gasteiger partial charge in [0.25, 0.3) is 5.91 Å². The van der Waals surface area contributed by atoms with E-state index in [1.54, 1.807) is 24.5 Å². The van der Waals surface area contributed by atoms with Crippen LogP contribution in [0.3, 0.4) is 0 Å². The normalized spacial score (nSPS) is 19.9. The fraction of sp³-hybridized carbons (Fsp3) is 0.545. The number of rotatable bonds is 4. The first-order valence-corrected chi connectivity index (χ1v) is 11.0. The monoisotopic (exact) mass is 408 g/mol. The van der Waals surface area contributed by atoms with Crippen molar-refractivity contribution in [2.24, 2.45) is 11.3 Å². The Bertz CT molecular complexity index is 1070. The first kappa shape index (κ1) is 19.1. The lowest BCUT2D eigenvalue weighted by atomic mass is 9.63. The van der Waals surface area contributed by atoms with E-state index in [1.165, 1.54) is 32.1 Å². The van der Waals surface area contributed by atoms with Crippen molar-refractivity contribution in [2.75, 3.05) is 13.1 Å². The van der Waals surface area contributed by atoms with Crippen LogP contribution in [0.5, 0.6) is 0 Å². The van der Waals surface area contributed by atoms with Gasteiger partial charge in [0.15, 0.2) is 0 Å². The summed E-state index contributed by atoms with van der Waals surface area (Å²) in [4.78, 5) is 36.2. The summed E-state index contributed by atoms with van der Waals surface area (Å²) >= 11 is 0. The fourth-order valence-corrected chi connectivity index (χ4v) is 5.55. The number of aromatic amines is 2. The number of carbonyl (C=O) groups excluding carboxylic acids is 1. The van der Waals surface area contributed by atoms with Crippen LogP contribution in [0.4, 0.5) is 0 Å². The molecule has 0 radical (unpaired) electrons. The van der Waals surface area contributed by atoms with Crippen molar-refractivity contribution in [3.8, 4) is 0 Å². The molecule has 1 amide bonds. The van der Waals surface area contributed by atoms with Crippen LogP contribution in [0.1, 0.15) is 55.3 Å². The number of aromatic nitrogens is 5. The number of carbonyl (C=O) groups is 1. The lowest BCUT2D eigenvalue weighted by Gasteiger charge is -2.48. The van der Waals surface area contributed by atoms with Crippen LogP contribution >= 0.6 is 0 Å². The largest absolute Gasteiger partial charge is 0.339 e. The van der Waals surface area contributed by atoms with Crippen molar-refractivity contribution in [1.82, 2.24) is 29.6 Å². The molecule has 8 heteroatoms. The maximum absolute atomic E-state index is 13.2. The smallest absolute Gasteiger partial charge is 0.323 e. The number of nitrogens with zero attached hydrogens (tertiary/aromatic N) is 4. The Morgan fingerprint density at radius 1 is 1.10 bits per heavy atom. The Morgan fingerprint density at radius 2 is 1.87 bits per heavy atom. The summed E-state index contributed by atoms with van der Waals surface area (Å²) in [5.74, 6) is 0.728. The van der Waals surface area contributed by atoms with Crippen LogP contribution in [-0.2, 0) is 6.54 Å². The predicted octanol–water partition coefficient (Wildman–Crippen LogP) is 2.95. The van der Waals surface area contributed by atoms with E-state index in [2.05, 4.69) is 20.1 Å². The van der Waals surface area contributed by atoms with E-state index in [4.69, 9.17) is 0 Å². The van der Waals surface area contributed by atoms with E-state index in [0.29, 0.717) is 17.0 Å². The summed E-state index contributed by atoms with van der Waals surface area (Å²) in [6, 6.07) is 5.36. The Morgan fingerprint density at radius 3 is 2.60 bits per heavy atom. The number of imidazole rings is 1. The summed E-state index contributed by atoms with van der Waals surface area (Å²) in [5.41, 5.74) is 1.95. The number of amides is 1. The zero-order valence-electron chi connectivity index (χ0n) is 17.1. The number of benzene rings is 1. The SMILES string of the molecule is O=C(c1ccc2[nH]c(=O)[nH]c2c1)N1CCC(Cn2cncn2)(C2CCCCC2)CC1. The number of nitrogens with one attached hydrogen (secondary N) is 2. The molecule has 1 saturated heterocycles. The molecular formula is C22H28N6O2. The number of H-pyrrole nitrogens is 2. The minimum Gasteiger partial charge on any atom is -0.339 e. The second kappa shape index (κ2) is 7.74. The highest BCUT2D eigenvalue weighted by Crippen LogP contribution is 2.47. The molecule has 2 aliphatic rings. The van der Waals surface area contributed by atoms with Crippen LogP contribution < -0.4 is 5.69 Å². The molecule has 0 unspecified atom stereocenters. The Balaban J connectivity index is 1.34. The molecule has 8 nitrogen and oxygen atoms in total. The molecule has 30 heavy (non-hydrogen) atoms. The van der Waals surface area contributed by atoms with E-state index < -0.39 is 0 Å². The van der Waals surface area contributed by atoms with Crippen LogP contribution in [0, 0.1) is 11.3 Å². The third-order valence-electron chi connectivity index (χ3n) is 7.22. The van der Waals surface area contributed by atoms with Crippen molar-refractivity contribution in [3.63, 3.8) is 0 Å². The molecule has 1 aromatic carbocycles. The molecular weight excluding hydrogens is 380 g/mol. The zero-order valence-corrected chi connectivity index (χ0v) is 17.1. The lowest BCUT2D eigenvalue weighted by Crippen LogP contribution is -2.48. The quantitative estimate of drug-likeness (QED) is 0.693. The topological polar surface area (TPSA) is 99.7 Å². The molecule has 158 valence electrons. The van der Waals surface area contributed by atoms with Crippen LogP contribution in [0.15, 0.2) is 35.6 Å². The number of piperidine rings is 1. The molecule has 5 rings (SSSR count). The van der Waals surface area contributed by atoms with Crippen molar-refractivity contribution >= 4 is 16.9 Å². The fourth-order valence-electron chi connectivity index (χ4n) is 5.55. The molecule has 2 N–H and O–H groups in total. The molecule has 0 bridgehead atoms. The third-order valence-corrected chi connectivity index (χ3v) is 7.22. The minimum atomic E-state index is -0.252. The number of fused-ring (bicyclic) bond motifs is 1. The minimum absolute atomic E-state index is 0.0388. The maximum atomic E-state index is 13.2. The van der Waals surface area contributed by atoms with Crippen molar-refractivity contribution in [2.45, 2.75) is 51.5 Å². The summed E-state index contributed by atoms with van der Waals surface area (Å²) in [6.45, 7) is 2.40. The first-order valence-electron chi connectivity index (χ1n) is 11.0. The second-order valence-electron chi connectivity index (χ2n) is 8.92. The third kappa shape index (κ3) is 3.55. The molecule has 2 fully saturated rings. The van der Waals surface area contributed by atoms with E-state index in [1.807, 2.05) is 15.9 Å². The highest BCUT2D eigenvalue weighted by Gasteiger charge is 2.43. The lowest BCUT2D eigenvalue weighted by molar-refractivity contribution is 0.0121. The van der Waals surface area contributed by atoms with Gasteiger partial charge in [-0.3, -0.25) is 9.48 Å². The van der Waals surface area contributed by atoms with Gasteiger partial charge in [-0.1, -0.05) is 19.3 Å². The standard InChI is InChI=1S/C22H28N6O2/c29-20(16-6-7-18-19(12-16)26-21(30)25-18)27-10-8-22(9-11-27,13-28-15-23-14-24-28)17-4-2-1-3-5-17/h6-7,12,14-15,17H,1-5,8-11,13H2,(H2,25,26,30). The molecule has 1 saturated carbocycles. The Labute approximate surface area is 174 Å². The van der Waals surface area contributed by atoms with Gasteiger partial charge in [0.1, 0.15) is 12.7 Å². The van der Waals surface area contributed by atoms with Gasteiger partial charge in [0.05, 0.1) is 11.0 Å². The number of likely N-dealkylation sites (tertiary alicyclic amines) is 1. The van der Waals surface area contributed by atoms with Gasteiger partial charge in [0.2, 0.25) is 0 Å². The van der Waals surface area contributed by atoms with Gasteiger partial charge in [0, 0.05) is 25.2 Å². The molecule has 1 aliphatic heterocycles. The molecule has 1 aliphatic carbocycles. The second-order valence-corrected chi connectivity index (χ2v) is 8.92. The molecule has 0 atom stereocenters. The molecule has 0 spiro atoms. The molecule has 3 aromatic rings. The van der Waals surface area contributed by atoms with Crippen LogP contribution in [0.2, 0.25) is 0 Å². The maximum Gasteiger partial charge on any atom is 0.323 e. The molecule has 3 heterocycles. The summed E-state index contributed by atoms with van der Waals surface area (Å²) in [7, 11) is 0. The average molecular weight is 409 g/mol. The Kier molecular flexibility index (Phi) is 4.92. The van der Waals surface area contributed by atoms with Gasteiger partial charge in [-0.05, 0) is 55.2 Å². The summed E-state index contributed by atoms with van der Waals surface area (Å²) in [6.07, 6.45) is 11.9. The van der Waals surface area contributed by atoms with Crippen molar-refractivity contribution in [1.29, 1.82) is 0 Å². The predicted molar refractivity (Wildman–Crippen MR) is 113 cm³/mol. The van der Waals surface area contributed by atoms with E-state index in [-0.39, 0.29) is 17.0 Å².